The number of ether oxygens (including phenoxy) is 1. The van der Waals surface area contributed by atoms with E-state index in [1.54, 1.807) is 19.1 Å². The summed E-state index contributed by atoms with van der Waals surface area (Å²) in [6.45, 7) is 6.79. The number of carbonyl (C=O) groups is 1. The second-order valence-corrected chi connectivity index (χ2v) is 10.1. The molecule has 2 aliphatic heterocycles. The van der Waals surface area contributed by atoms with E-state index < -0.39 is 0 Å². The number of anilines is 2. The Labute approximate surface area is 213 Å². The zero-order valence-corrected chi connectivity index (χ0v) is 21.9. The third-order valence-corrected chi connectivity index (χ3v) is 7.61. The van der Waals surface area contributed by atoms with Gasteiger partial charge < -0.3 is 9.64 Å². The van der Waals surface area contributed by atoms with Crippen molar-refractivity contribution in [3.8, 4) is 5.75 Å². The first-order chi connectivity index (χ1) is 17.4. The Kier molecular flexibility index (Phi) is 6.67. The van der Waals surface area contributed by atoms with Gasteiger partial charge in [0.2, 0.25) is 0 Å². The fraction of sp³-hybridized carbons (Fsp3) is 0.414. The van der Waals surface area contributed by atoms with Crippen LogP contribution >= 0.6 is 0 Å². The number of nitrogens with zero attached hydrogens (tertiary/aromatic N) is 5. The number of piperidine rings is 1. The molecule has 0 radical (unpaired) electrons. The molecular formula is C29H35N5O2. The summed E-state index contributed by atoms with van der Waals surface area (Å²) in [5, 5.41) is 0. The number of amides is 2. The van der Waals surface area contributed by atoms with Gasteiger partial charge in [-0.15, -0.1) is 0 Å². The van der Waals surface area contributed by atoms with E-state index in [1.165, 1.54) is 18.4 Å². The van der Waals surface area contributed by atoms with Gasteiger partial charge in [0.05, 0.1) is 19.3 Å². The van der Waals surface area contributed by atoms with Crippen molar-refractivity contribution in [2.75, 3.05) is 44.1 Å². The number of likely N-dealkylation sites (tertiary alicyclic amines) is 1. The van der Waals surface area contributed by atoms with Gasteiger partial charge in [-0.05, 0) is 75.5 Å². The van der Waals surface area contributed by atoms with Crippen LogP contribution in [0.3, 0.4) is 0 Å². The molecule has 0 aliphatic carbocycles. The molecule has 2 aromatic carbocycles. The van der Waals surface area contributed by atoms with E-state index in [2.05, 4.69) is 35.1 Å². The molecule has 2 aliphatic rings. The molecular weight excluding hydrogens is 450 g/mol. The number of fused-ring (bicyclic) bond motifs is 1. The average molecular weight is 486 g/mol. The minimum absolute atomic E-state index is 0.0791. The molecule has 2 amide bonds. The number of urea groups is 1. The summed E-state index contributed by atoms with van der Waals surface area (Å²) in [7, 11) is 5.69. The molecule has 3 heterocycles. The maximum absolute atomic E-state index is 13.3. The molecule has 7 heteroatoms. The molecule has 36 heavy (non-hydrogen) atoms. The predicted molar refractivity (Wildman–Crippen MR) is 143 cm³/mol. The van der Waals surface area contributed by atoms with Gasteiger partial charge in [-0.2, -0.15) is 0 Å². The molecule has 1 aromatic heterocycles. The number of hydrogen-bond donors (Lipinski definition) is 0. The second-order valence-electron chi connectivity index (χ2n) is 10.1. The summed E-state index contributed by atoms with van der Waals surface area (Å²) in [4.78, 5) is 28.7. The third kappa shape index (κ3) is 4.55. The van der Waals surface area contributed by atoms with E-state index in [0.717, 1.165) is 46.8 Å². The summed E-state index contributed by atoms with van der Waals surface area (Å²) in [6, 6.07) is 12.6. The van der Waals surface area contributed by atoms with E-state index in [-0.39, 0.29) is 6.03 Å². The Hall–Kier alpha value is -3.45. The van der Waals surface area contributed by atoms with Gasteiger partial charge in [-0.1, -0.05) is 30.3 Å². The number of para-hydroxylation sites is 1. The normalized spacial score (nSPS) is 16.9. The number of aryl methyl sites for hydroxylation is 2. The first kappa shape index (κ1) is 24.3. The lowest BCUT2D eigenvalue weighted by Gasteiger charge is -2.35. The Morgan fingerprint density at radius 2 is 1.78 bits per heavy atom. The van der Waals surface area contributed by atoms with Crippen LogP contribution in [-0.4, -0.2) is 55.2 Å². The third-order valence-electron chi connectivity index (χ3n) is 7.61. The molecule has 0 saturated carbocycles. The lowest BCUT2D eigenvalue weighted by Crippen LogP contribution is -2.46. The van der Waals surface area contributed by atoms with Crippen molar-refractivity contribution in [1.82, 2.24) is 14.9 Å². The summed E-state index contributed by atoms with van der Waals surface area (Å²) < 4.78 is 5.77. The summed E-state index contributed by atoms with van der Waals surface area (Å²) >= 11 is 0. The van der Waals surface area contributed by atoms with Crippen LogP contribution in [0.25, 0.3) is 0 Å². The standard InChI is InChI=1S/C29H35N5O2/c1-19-7-6-8-20(2)27(19)34-18-24-17-30-26(31-28(24)33(4)29(34)35)16-23-10-9-22(15-25(23)36-5)21-11-13-32(3)14-12-21/h6-10,15,17,21H,11-14,16,18H2,1-5H3. The van der Waals surface area contributed by atoms with Crippen LogP contribution in [0.2, 0.25) is 0 Å². The predicted octanol–water partition coefficient (Wildman–Crippen LogP) is 5.08. The van der Waals surface area contributed by atoms with Crippen LogP contribution in [0.4, 0.5) is 16.3 Å². The summed E-state index contributed by atoms with van der Waals surface area (Å²) in [5.41, 5.74) is 6.44. The van der Waals surface area contributed by atoms with Gasteiger partial charge in [0.15, 0.2) is 0 Å². The van der Waals surface area contributed by atoms with E-state index >= 15 is 0 Å². The number of aromatic nitrogens is 2. The van der Waals surface area contributed by atoms with Crippen LogP contribution in [0.5, 0.6) is 5.75 Å². The van der Waals surface area contributed by atoms with Crippen LogP contribution in [0.15, 0.2) is 42.6 Å². The van der Waals surface area contributed by atoms with E-state index in [1.807, 2.05) is 43.1 Å². The lowest BCUT2D eigenvalue weighted by atomic mass is 9.88. The molecule has 0 spiro atoms. The first-order valence-electron chi connectivity index (χ1n) is 12.7. The molecule has 1 fully saturated rings. The van der Waals surface area contributed by atoms with Gasteiger partial charge in [-0.25, -0.2) is 14.8 Å². The van der Waals surface area contributed by atoms with Crippen LogP contribution in [0, 0.1) is 13.8 Å². The number of methoxy groups -OCH3 is 1. The van der Waals surface area contributed by atoms with Crippen molar-refractivity contribution in [2.24, 2.45) is 0 Å². The number of benzene rings is 2. The molecule has 0 N–H and O–H groups in total. The zero-order chi connectivity index (χ0) is 25.4. The van der Waals surface area contributed by atoms with Gasteiger partial charge in [0.25, 0.3) is 0 Å². The Morgan fingerprint density at radius 3 is 2.47 bits per heavy atom. The van der Waals surface area contributed by atoms with Crippen LogP contribution in [-0.2, 0) is 13.0 Å². The molecule has 188 valence electrons. The van der Waals surface area contributed by atoms with Crippen molar-refractivity contribution < 1.29 is 9.53 Å². The SMILES string of the molecule is COc1cc(C2CCN(C)CC2)ccc1Cc1ncc2c(n1)N(C)C(=O)N(c1c(C)cccc1C)C2. The molecule has 0 atom stereocenters. The maximum Gasteiger partial charge on any atom is 0.330 e. The maximum atomic E-state index is 13.3. The highest BCUT2D eigenvalue weighted by Gasteiger charge is 2.32. The topological polar surface area (TPSA) is 61.8 Å². The smallest absolute Gasteiger partial charge is 0.330 e. The highest BCUT2D eigenvalue weighted by molar-refractivity contribution is 6.05. The average Bonchev–Trinajstić information content (AvgIpc) is 2.88. The lowest BCUT2D eigenvalue weighted by molar-refractivity contribution is 0.251. The van der Waals surface area contributed by atoms with E-state index in [4.69, 9.17) is 9.72 Å². The van der Waals surface area contributed by atoms with Gasteiger partial charge in [-0.3, -0.25) is 9.80 Å². The Morgan fingerprint density at radius 1 is 1.06 bits per heavy atom. The fourth-order valence-corrected chi connectivity index (χ4v) is 5.51. The molecule has 5 rings (SSSR count). The van der Waals surface area contributed by atoms with Gasteiger partial charge in [0.1, 0.15) is 17.4 Å². The first-order valence-corrected chi connectivity index (χ1v) is 12.7. The second kappa shape index (κ2) is 9.90. The zero-order valence-electron chi connectivity index (χ0n) is 21.9. The van der Waals surface area contributed by atoms with E-state index in [0.29, 0.717) is 30.5 Å². The summed E-state index contributed by atoms with van der Waals surface area (Å²) in [6.07, 6.45) is 4.76. The fourth-order valence-electron chi connectivity index (χ4n) is 5.51. The number of hydrogen-bond acceptors (Lipinski definition) is 5. The Balaban J connectivity index is 1.38. The van der Waals surface area contributed by atoms with Gasteiger partial charge >= 0.3 is 6.03 Å². The number of carbonyl (C=O) groups excluding carboxylic acids is 1. The number of rotatable bonds is 5. The molecule has 1 saturated heterocycles. The van der Waals surface area contributed by atoms with Crippen molar-refractivity contribution >= 4 is 17.5 Å². The summed E-state index contributed by atoms with van der Waals surface area (Å²) in [5.74, 6) is 2.80. The molecule has 0 bridgehead atoms. The molecule has 7 nitrogen and oxygen atoms in total. The quantitative estimate of drug-likeness (QED) is 0.504. The van der Waals surface area contributed by atoms with Crippen molar-refractivity contribution in [2.45, 2.75) is 45.6 Å². The van der Waals surface area contributed by atoms with Crippen molar-refractivity contribution in [1.29, 1.82) is 0 Å². The molecule has 0 unspecified atom stereocenters. The van der Waals surface area contributed by atoms with Crippen molar-refractivity contribution in [3.63, 3.8) is 0 Å². The minimum atomic E-state index is -0.0791. The van der Waals surface area contributed by atoms with Gasteiger partial charge in [0, 0.05) is 30.8 Å². The Bertz CT molecular complexity index is 1260. The van der Waals surface area contributed by atoms with E-state index in [9.17, 15) is 4.79 Å². The van der Waals surface area contributed by atoms with Crippen LogP contribution < -0.4 is 14.5 Å². The van der Waals surface area contributed by atoms with Crippen LogP contribution in [0.1, 0.15) is 52.4 Å². The largest absolute Gasteiger partial charge is 0.496 e. The monoisotopic (exact) mass is 485 g/mol. The van der Waals surface area contributed by atoms with Crippen molar-refractivity contribution in [3.05, 3.63) is 76.2 Å². The molecule has 3 aromatic rings. The highest BCUT2D eigenvalue weighted by atomic mass is 16.5. The minimum Gasteiger partial charge on any atom is -0.496 e. The highest BCUT2D eigenvalue weighted by Crippen LogP contribution is 2.35.